The molecule has 0 saturated carbocycles. The van der Waals surface area contributed by atoms with Crippen LogP contribution >= 0.6 is 0 Å². The number of aliphatic imine (C=N–C) groups is 1. The Balaban J connectivity index is 1.38. The summed E-state index contributed by atoms with van der Waals surface area (Å²) in [6, 6.07) is 8.75. The summed E-state index contributed by atoms with van der Waals surface area (Å²) in [5.41, 5.74) is 0.523. The molecular formula is C22H24N2O8. The lowest BCUT2D eigenvalue weighted by Crippen LogP contribution is -2.36. The molecule has 32 heavy (non-hydrogen) atoms. The second-order valence-electron chi connectivity index (χ2n) is 8.25. The number of ketones is 1. The quantitative estimate of drug-likeness (QED) is 0.350. The largest absolute Gasteiger partial charge is 0.367 e. The number of fused-ring (bicyclic) bond motifs is 1. The Hall–Kier alpha value is -2.95. The van der Waals surface area contributed by atoms with Crippen LogP contribution in [-0.4, -0.2) is 71.6 Å². The van der Waals surface area contributed by atoms with Gasteiger partial charge in [0.05, 0.1) is 25.3 Å². The number of nitrogens with zero attached hydrogens (tertiary/aromatic N) is 2. The summed E-state index contributed by atoms with van der Waals surface area (Å²) in [7, 11) is 0. The molecule has 3 aliphatic heterocycles. The average molecular weight is 444 g/mol. The molecule has 0 aliphatic carbocycles. The fourth-order valence-corrected chi connectivity index (χ4v) is 3.96. The van der Waals surface area contributed by atoms with Gasteiger partial charge >= 0.3 is 5.97 Å². The number of rotatable bonds is 7. The molecule has 4 atom stereocenters. The Morgan fingerprint density at radius 3 is 2.38 bits per heavy atom. The summed E-state index contributed by atoms with van der Waals surface area (Å²) in [4.78, 5) is 57.0. The van der Waals surface area contributed by atoms with Crippen LogP contribution in [0.25, 0.3) is 0 Å². The number of imide groups is 1. The first kappa shape index (κ1) is 22.3. The van der Waals surface area contributed by atoms with Gasteiger partial charge in [0.2, 0.25) is 5.78 Å². The molecule has 3 fully saturated rings. The van der Waals surface area contributed by atoms with Crippen molar-refractivity contribution in [3.05, 3.63) is 35.9 Å². The first-order chi connectivity index (χ1) is 15.2. The van der Waals surface area contributed by atoms with Gasteiger partial charge < -0.3 is 19.0 Å². The van der Waals surface area contributed by atoms with Crippen molar-refractivity contribution < 1.29 is 38.2 Å². The molecular weight excluding hydrogens is 420 g/mol. The van der Waals surface area contributed by atoms with Gasteiger partial charge in [-0.1, -0.05) is 30.3 Å². The standard InChI is InChI=1S/C22H24N2O8/c1-22(2)30-20-15(10-19(28)32-24-17(26)8-9-18(24)27)29-16(21(20)31-22)12-23-11-14(25)13-6-4-3-5-7-13/h3-7,11,15-16,20-21H,8-10,12H2,1-2H3/b23-11-/t15-,16+,20-,21+/m0/s1. The number of hydrogen-bond acceptors (Lipinski definition) is 9. The van der Waals surface area contributed by atoms with Crippen LogP contribution in [0.3, 0.4) is 0 Å². The van der Waals surface area contributed by atoms with Crippen molar-refractivity contribution in [2.45, 2.75) is 63.3 Å². The maximum atomic E-state index is 12.3. The van der Waals surface area contributed by atoms with Crippen LogP contribution in [0.2, 0.25) is 0 Å². The summed E-state index contributed by atoms with van der Waals surface area (Å²) in [5, 5.41) is 0.502. The zero-order valence-electron chi connectivity index (χ0n) is 17.8. The summed E-state index contributed by atoms with van der Waals surface area (Å²) in [6.45, 7) is 3.64. The average Bonchev–Trinajstić information content (AvgIpc) is 3.35. The third kappa shape index (κ3) is 4.77. The number of amides is 2. The fraction of sp³-hybridized carbons (Fsp3) is 0.500. The van der Waals surface area contributed by atoms with E-state index in [0.717, 1.165) is 0 Å². The van der Waals surface area contributed by atoms with Crippen LogP contribution in [0.5, 0.6) is 0 Å². The lowest BCUT2D eigenvalue weighted by atomic mass is 10.1. The lowest BCUT2D eigenvalue weighted by molar-refractivity contribution is -0.204. The first-order valence-corrected chi connectivity index (χ1v) is 10.4. The van der Waals surface area contributed by atoms with E-state index in [0.29, 0.717) is 10.6 Å². The van der Waals surface area contributed by atoms with E-state index >= 15 is 0 Å². The molecule has 170 valence electrons. The van der Waals surface area contributed by atoms with E-state index < -0.39 is 48.0 Å². The molecule has 0 radical (unpaired) electrons. The van der Waals surface area contributed by atoms with Crippen LogP contribution in [0.1, 0.15) is 43.5 Å². The molecule has 0 unspecified atom stereocenters. The van der Waals surface area contributed by atoms with E-state index in [9.17, 15) is 19.2 Å². The van der Waals surface area contributed by atoms with Crippen molar-refractivity contribution in [1.29, 1.82) is 0 Å². The highest BCUT2D eigenvalue weighted by molar-refractivity contribution is 6.35. The molecule has 2 amide bonds. The fourth-order valence-electron chi connectivity index (χ4n) is 3.96. The maximum Gasteiger partial charge on any atom is 0.335 e. The predicted molar refractivity (Wildman–Crippen MR) is 108 cm³/mol. The van der Waals surface area contributed by atoms with E-state index in [1.54, 1.807) is 38.1 Å². The topological polar surface area (TPSA) is 121 Å². The van der Waals surface area contributed by atoms with E-state index in [2.05, 4.69) is 4.99 Å². The second-order valence-corrected chi connectivity index (χ2v) is 8.25. The van der Waals surface area contributed by atoms with Crippen molar-refractivity contribution in [1.82, 2.24) is 5.06 Å². The van der Waals surface area contributed by atoms with Gasteiger partial charge in [0.1, 0.15) is 18.3 Å². The van der Waals surface area contributed by atoms with Crippen molar-refractivity contribution in [2.24, 2.45) is 4.99 Å². The predicted octanol–water partition coefficient (Wildman–Crippen LogP) is 1.22. The lowest BCUT2D eigenvalue weighted by Gasteiger charge is -2.23. The van der Waals surface area contributed by atoms with Crippen molar-refractivity contribution in [2.75, 3.05) is 6.54 Å². The third-order valence-corrected chi connectivity index (χ3v) is 5.36. The van der Waals surface area contributed by atoms with Crippen molar-refractivity contribution in [3.8, 4) is 0 Å². The van der Waals surface area contributed by atoms with Gasteiger partial charge in [-0.2, -0.15) is 0 Å². The highest BCUT2D eigenvalue weighted by atomic mass is 16.8. The molecule has 3 saturated heterocycles. The summed E-state index contributed by atoms with van der Waals surface area (Å²) < 4.78 is 17.8. The van der Waals surface area contributed by atoms with Crippen LogP contribution < -0.4 is 0 Å². The van der Waals surface area contributed by atoms with Crippen LogP contribution in [-0.2, 0) is 33.4 Å². The van der Waals surface area contributed by atoms with E-state index in [-0.39, 0.29) is 31.6 Å². The molecule has 0 spiro atoms. The number of carbonyl (C=O) groups excluding carboxylic acids is 4. The minimum absolute atomic E-state index is 0.0175. The third-order valence-electron chi connectivity index (χ3n) is 5.36. The van der Waals surface area contributed by atoms with E-state index in [1.807, 2.05) is 6.07 Å². The molecule has 4 rings (SSSR count). The number of hydroxylamine groups is 2. The molecule has 10 nitrogen and oxygen atoms in total. The molecule has 0 bridgehead atoms. The van der Waals surface area contributed by atoms with Crippen LogP contribution in [0, 0.1) is 0 Å². The molecule has 3 heterocycles. The zero-order chi connectivity index (χ0) is 22.9. The number of Topliss-reactive ketones (excluding diaryl/α,β-unsaturated/α-hetero) is 1. The van der Waals surface area contributed by atoms with Gasteiger partial charge in [-0.05, 0) is 13.8 Å². The monoisotopic (exact) mass is 444 g/mol. The van der Waals surface area contributed by atoms with Gasteiger partial charge in [0.15, 0.2) is 5.79 Å². The molecule has 1 aromatic carbocycles. The first-order valence-electron chi connectivity index (χ1n) is 10.4. The Bertz CT molecular complexity index is 929. The normalized spacial score (nSPS) is 29.0. The van der Waals surface area contributed by atoms with Gasteiger partial charge in [0, 0.05) is 18.4 Å². The van der Waals surface area contributed by atoms with E-state index in [1.165, 1.54) is 6.21 Å². The molecule has 0 aromatic heterocycles. The minimum Gasteiger partial charge on any atom is -0.367 e. The highest BCUT2D eigenvalue weighted by Crippen LogP contribution is 2.40. The molecule has 0 N–H and O–H groups in total. The highest BCUT2D eigenvalue weighted by Gasteiger charge is 2.55. The minimum atomic E-state index is -0.885. The zero-order valence-corrected chi connectivity index (χ0v) is 17.8. The molecule has 10 heteroatoms. The van der Waals surface area contributed by atoms with Gasteiger partial charge in [0.25, 0.3) is 11.8 Å². The van der Waals surface area contributed by atoms with Gasteiger partial charge in [-0.15, -0.1) is 5.06 Å². The number of carbonyl (C=O) groups is 4. The number of benzene rings is 1. The summed E-state index contributed by atoms with van der Waals surface area (Å²) in [6.07, 6.45) is -1.29. The van der Waals surface area contributed by atoms with Crippen LogP contribution in [0.15, 0.2) is 35.3 Å². The summed E-state index contributed by atoms with van der Waals surface area (Å²) in [5.74, 6) is -3.00. The smallest absolute Gasteiger partial charge is 0.335 e. The van der Waals surface area contributed by atoms with Crippen LogP contribution in [0.4, 0.5) is 0 Å². The van der Waals surface area contributed by atoms with Gasteiger partial charge in [-0.3, -0.25) is 19.4 Å². The molecule has 3 aliphatic rings. The Kier molecular flexibility index (Phi) is 6.18. The Labute approximate surface area is 184 Å². The van der Waals surface area contributed by atoms with E-state index in [4.69, 9.17) is 19.0 Å². The second kappa shape index (κ2) is 8.89. The maximum absolute atomic E-state index is 12.3. The SMILES string of the molecule is CC1(C)O[C@@H]2[C@H](O1)[C@@H](C/N=C\C(=O)c1ccccc1)O[C@H]2CC(=O)ON1C(=O)CCC1=O. The van der Waals surface area contributed by atoms with Crippen molar-refractivity contribution >= 4 is 29.8 Å². The number of ether oxygens (including phenoxy) is 3. The van der Waals surface area contributed by atoms with Crippen molar-refractivity contribution in [3.63, 3.8) is 0 Å². The Morgan fingerprint density at radius 1 is 1.09 bits per heavy atom. The number of hydrogen-bond donors (Lipinski definition) is 0. The molecule has 1 aromatic rings. The summed E-state index contributed by atoms with van der Waals surface area (Å²) >= 11 is 0. The Morgan fingerprint density at radius 2 is 1.72 bits per heavy atom. The van der Waals surface area contributed by atoms with Gasteiger partial charge in [-0.25, -0.2) is 4.79 Å².